The number of hydrogen-bond donors (Lipinski definition) is 1. The average Bonchev–Trinajstić information content (AvgIpc) is 2.30. The Balaban J connectivity index is 2.34. The van der Waals surface area contributed by atoms with E-state index in [-0.39, 0.29) is 6.10 Å². The molecule has 0 aromatic carbocycles. The highest BCUT2D eigenvalue weighted by molar-refractivity contribution is 5.14. The zero-order valence-electron chi connectivity index (χ0n) is 11.8. The van der Waals surface area contributed by atoms with Crippen molar-refractivity contribution in [2.24, 2.45) is 11.1 Å². The smallest absolute Gasteiger partial charge is 0.0705 e. The average molecular weight is 240 g/mol. The van der Waals surface area contributed by atoms with Crippen molar-refractivity contribution in [1.29, 1.82) is 0 Å². The molecule has 0 aromatic rings. The monoisotopic (exact) mass is 240 g/mol. The van der Waals surface area contributed by atoms with E-state index in [1.54, 1.807) is 12.7 Å². The fraction of sp³-hybridized carbons (Fsp3) is 0.857. The molecule has 2 N–H and O–H groups in total. The van der Waals surface area contributed by atoms with Crippen molar-refractivity contribution >= 4 is 0 Å². The Morgan fingerprint density at radius 2 is 2.18 bits per heavy atom. The molecule has 0 spiro atoms. The Morgan fingerprint density at radius 1 is 1.47 bits per heavy atom. The maximum atomic E-state index is 5.62. The molecule has 17 heavy (non-hydrogen) atoms. The Kier molecular flexibility index (Phi) is 5.63. The lowest BCUT2D eigenvalue weighted by Gasteiger charge is -2.32. The fourth-order valence-corrected chi connectivity index (χ4v) is 2.25. The summed E-state index contributed by atoms with van der Waals surface area (Å²) in [4.78, 5) is 2.48. The summed E-state index contributed by atoms with van der Waals surface area (Å²) in [5.41, 5.74) is 7.55. The second kappa shape index (κ2) is 6.53. The minimum absolute atomic E-state index is 0.211. The standard InChI is InChI=1S/C14H28N2O/c1-14(2,3)12-5-8-16(9-6-12)10-7-13(11-15)17-4/h5,13H,6-11,15H2,1-4H3. The Bertz CT molecular complexity index is 251. The third-order valence-electron chi connectivity index (χ3n) is 3.62. The van der Waals surface area contributed by atoms with Crippen molar-refractivity contribution in [2.75, 3.05) is 33.3 Å². The Hall–Kier alpha value is -0.380. The molecule has 1 atom stereocenters. The van der Waals surface area contributed by atoms with E-state index in [4.69, 9.17) is 10.5 Å². The number of methoxy groups -OCH3 is 1. The van der Waals surface area contributed by atoms with Gasteiger partial charge in [-0.15, -0.1) is 0 Å². The van der Waals surface area contributed by atoms with Gasteiger partial charge in [-0.05, 0) is 18.3 Å². The summed E-state index contributed by atoms with van der Waals surface area (Å²) in [6, 6.07) is 0. The van der Waals surface area contributed by atoms with Gasteiger partial charge in [-0.3, -0.25) is 4.90 Å². The van der Waals surface area contributed by atoms with Gasteiger partial charge in [-0.25, -0.2) is 0 Å². The molecule has 0 bridgehead atoms. The largest absolute Gasteiger partial charge is 0.380 e. The minimum Gasteiger partial charge on any atom is -0.380 e. The van der Waals surface area contributed by atoms with Crippen LogP contribution >= 0.6 is 0 Å². The summed E-state index contributed by atoms with van der Waals surface area (Å²) >= 11 is 0. The van der Waals surface area contributed by atoms with Gasteiger partial charge in [0.2, 0.25) is 0 Å². The zero-order chi connectivity index (χ0) is 12.9. The number of ether oxygens (including phenoxy) is 1. The lowest BCUT2D eigenvalue weighted by molar-refractivity contribution is 0.0901. The first kappa shape index (κ1) is 14.7. The molecule has 1 aliphatic rings. The fourth-order valence-electron chi connectivity index (χ4n) is 2.25. The predicted octanol–water partition coefficient (Wildman–Crippen LogP) is 2.03. The lowest BCUT2D eigenvalue weighted by atomic mass is 9.83. The van der Waals surface area contributed by atoms with E-state index in [1.165, 1.54) is 13.0 Å². The van der Waals surface area contributed by atoms with Crippen molar-refractivity contribution in [2.45, 2.75) is 39.7 Å². The van der Waals surface area contributed by atoms with Crippen LogP contribution in [0.1, 0.15) is 33.6 Å². The summed E-state index contributed by atoms with van der Waals surface area (Å²) in [5.74, 6) is 0. The summed E-state index contributed by atoms with van der Waals surface area (Å²) < 4.78 is 5.30. The van der Waals surface area contributed by atoms with Crippen LogP contribution in [0, 0.1) is 5.41 Å². The number of rotatable bonds is 5. The molecule has 1 rings (SSSR count). The van der Waals surface area contributed by atoms with E-state index >= 15 is 0 Å². The first-order valence-electron chi connectivity index (χ1n) is 6.62. The van der Waals surface area contributed by atoms with E-state index in [9.17, 15) is 0 Å². The van der Waals surface area contributed by atoms with Crippen LogP contribution in [0.15, 0.2) is 11.6 Å². The van der Waals surface area contributed by atoms with Crippen LogP contribution in [-0.2, 0) is 4.74 Å². The highest BCUT2D eigenvalue weighted by atomic mass is 16.5. The molecule has 3 nitrogen and oxygen atoms in total. The molecule has 0 saturated heterocycles. The number of hydrogen-bond acceptors (Lipinski definition) is 3. The second-order valence-electron chi connectivity index (χ2n) is 5.91. The van der Waals surface area contributed by atoms with Crippen LogP contribution in [0.4, 0.5) is 0 Å². The van der Waals surface area contributed by atoms with Gasteiger partial charge in [0.1, 0.15) is 0 Å². The van der Waals surface area contributed by atoms with Crippen molar-refractivity contribution < 1.29 is 4.74 Å². The van der Waals surface area contributed by atoms with Crippen LogP contribution in [-0.4, -0.2) is 44.3 Å². The molecule has 1 aliphatic heterocycles. The maximum absolute atomic E-state index is 5.62. The first-order chi connectivity index (χ1) is 7.97. The molecule has 1 unspecified atom stereocenters. The summed E-state index contributed by atoms with van der Waals surface area (Å²) in [7, 11) is 1.74. The SMILES string of the molecule is COC(CN)CCN1CC=C(C(C)(C)C)CC1. The van der Waals surface area contributed by atoms with E-state index in [0.717, 1.165) is 19.5 Å². The zero-order valence-corrected chi connectivity index (χ0v) is 11.8. The van der Waals surface area contributed by atoms with E-state index in [2.05, 4.69) is 31.7 Å². The quantitative estimate of drug-likeness (QED) is 0.747. The maximum Gasteiger partial charge on any atom is 0.0705 e. The number of nitrogens with two attached hydrogens (primary N) is 1. The summed E-state index contributed by atoms with van der Waals surface area (Å²) in [5, 5.41) is 0. The highest BCUT2D eigenvalue weighted by Gasteiger charge is 2.21. The minimum atomic E-state index is 0.211. The molecule has 0 aliphatic carbocycles. The first-order valence-corrected chi connectivity index (χ1v) is 6.62. The van der Waals surface area contributed by atoms with Crippen LogP contribution in [0.2, 0.25) is 0 Å². The third kappa shape index (κ3) is 4.78. The molecule has 100 valence electrons. The number of nitrogens with zero attached hydrogens (tertiary/aromatic N) is 1. The van der Waals surface area contributed by atoms with Gasteiger partial charge in [0.05, 0.1) is 6.10 Å². The van der Waals surface area contributed by atoms with Crippen LogP contribution in [0.5, 0.6) is 0 Å². The van der Waals surface area contributed by atoms with Crippen molar-refractivity contribution in [3.8, 4) is 0 Å². The third-order valence-corrected chi connectivity index (χ3v) is 3.62. The van der Waals surface area contributed by atoms with Crippen LogP contribution < -0.4 is 5.73 Å². The summed E-state index contributed by atoms with van der Waals surface area (Å²) in [6.45, 7) is 10.8. The summed E-state index contributed by atoms with van der Waals surface area (Å²) in [6.07, 6.45) is 4.84. The molecular formula is C14H28N2O. The van der Waals surface area contributed by atoms with Crippen LogP contribution in [0.25, 0.3) is 0 Å². The van der Waals surface area contributed by atoms with Gasteiger partial charge in [0.15, 0.2) is 0 Å². The molecule has 3 heteroatoms. The Labute approximate surface area is 106 Å². The molecule has 0 amide bonds. The van der Waals surface area contributed by atoms with E-state index in [1.807, 2.05) is 0 Å². The second-order valence-corrected chi connectivity index (χ2v) is 5.91. The Morgan fingerprint density at radius 3 is 2.59 bits per heavy atom. The molecule has 0 fully saturated rings. The highest BCUT2D eigenvalue weighted by Crippen LogP contribution is 2.29. The van der Waals surface area contributed by atoms with Gasteiger partial charge in [-0.1, -0.05) is 32.4 Å². The van der Waals surface area contributed by atoms with Crippen molar-refractivity contribution in [3.05, 3.63) is 11.6 Å². The molecular weight excluding hydrogens is 212 g/mol. The van der Waals surface area contributed by atoms with Gasteiger partial charge >= 0.3 is 0 Å². The van der Waals surface area contributed by atoms with Gasteiger partial charge in [-0.2, -0.15) is 0 Å². The lowest BCUT2D eigenvalue weighted by Crippen LogP contribution is -2.35. The van der Waals surface area contributed by atoms with Gasteiger partial charge in [0, 0.05) is 33.3 Å². The van der Waals surface area contributed by atoms with Crippen molar-refractivity contribution in [3.63, 3.8) is 0 Å². The normalized spacial score (nSPS) is 20.2. The predicted molar refractivity (Wildman–Crippen MR) is 73.1 cm³/mol. The van der Waals surface area contributed by atoms with E-state index in [0.29, 0.717) is 12.0 Å². The molecule has 0 radical (unpaired) electrons. The van der Waals surface area contributed by atoms with Gasteiger partial charge in [0.25, 0.3) is 0 Å². The van der Waals surface area contributed by atoms with Gasteiger partial charge < -0.3 is 10.5 Å². The van der Waals surface area contributed by atoms with E-state index < -0.39 is 0 Å². The topological polar surface area (TPSA) is 38.5 Å². The molecule has 0 aromatic heterocycles. The van der Waals surface area contributed by atoms with Crippen molar-refractivity contribution in [1.82, 2.24) is 4.90 Å². The molecule has 0 saturated carbocycles. The molecule has 1 heterocycles. The van der Waals surface area contributed by atoms with Crippen LogP contribution in [0.3, 0.4) is 0 Å².